The molecule has 1 aliphatic heterocycles. The number of piperidine rings is 1. The molecule has 0 bridgehead atoms. The summed E-state index contributed by atoms with van der Waals surface area (Å²) in [6.45, 7) is 1.91. The van der Waals surface area contributed by atoms with Crippen LogP contribution < -0.4 is 5.32 Å². The van der Waals surface area contributed by atoms with Gasteiger partial charge in [0, 0.05) is 26.1 Å². The Morgan fingerprint density at radius 1 is 1.42 bits per heavy atom. The molecule has 2 atom stereocenters. The maximum absolute atomic E-state index is 12.2. The highest BCUT2D eigenvalue weighted by atomic mass is 19.3. The fraction of sp³-hybridized carbons (Fsp3) is 0.833. The lowest BCUT2D eigenvalue weighted by Gasteiger charge is -2.37. The Labute approximate surface area is 111 Å². The lowest BCUT2D eigenvalue weighted by molar-refractivity contribution is -0.143. The lowest BCUT2D eigenvalue weighted by atomic mass is 9.91. The second kappa shape index (κ2) is 7.37. The van der Waals surface area contributed by atoms with Crippen molar-refractivity contribution in [1.82, 2.24) is 10.2 Å². The van der Waals surface area contributed by atoms with E-state index in [4.69, 9.17) is 0 Å². The van der Waals surface area contributed by atoms with E-state index >= 15 is 0 Å². The Balaban J connectivity index is 2.57. The molecule has 1 saturated heterocycles. The molecule has 5 nitrogen and oxygen atoms in total. The van der Waals surface area contributed by atoms with E-state index in [0.717, 1.165) is 0 Å². The van der Waals surface area contributed by atoms with Crippen LogP contribution in [0.15, 0.2) is 0 Å². The molecule has 7 heteroatoms. The summed E-state index contributed by atoms with van der Waals surface area (Å²) in [4.78, 5) is 24.3. The van der Waals surface area contributed by atoms with Crippen molar-refractivity contribution in [2.75, 3.05) is 26.7 Å². The number of hydrogen-bond acceptors (Lipinski definition) is 4. The van der Waals surface area contributed by atoms with Crippen LogP contribution in [0.25, 0.3) is 0 Å². The average molecular weight is 278 g/mol. The number of halogens is 2. The van der Waals surface area contributed by atoms with Crippen LogP contribution in [0, 0.1) is 5.92 Å². The summed E-state index contributed by atoms with van der Waals surface area (Å²) in [7, 11) is 1.31. The molecule has 1 amide bonds. The van der Waals surface area contributed by atoms with Gasteiger partial charge in [0.15, 0.2) is 0 Å². The number of likely N-dealkylation sites (tertiary alicyclic amines) is 1. The Bertz CT molecular complexity index is 326. The minimum atomic E-state index is -2.42. The van der Waals surface area contributed by atoms with E-state index in [0.29, 0.717) is 19.5 Å². The van der Waals surface area contributed by atoms with Crippen LogP contribution in [0.4, 0.5) is 8.78 Å². The summed E-state index contributed by atoms with van der Waals surface area (Å²) in [6, 6.07) is -0.207. The smallest absolute Gasteiger partial charge is 0.305 e. The molecule has 1 fully saturated rings. The lowest BCUT2D eigenvalue weighted by Crippen LogP contribution is -2.51. The van der Waals surface area contributed by atoms with Gasteiger partial charge in [-0.2, -0.15) is 0 Å². The van der Waals surface area contributed by atoms with Crippen molar-refractivity contribution in [1.29, 1.82) is 0 Å². The second-order valence-corrected chi connectivity index (χ2v) is 4.80. The Kier molecular flexibility index (Phi) is 6.14. The number of carbonyl (C=O) groups is 2. The molecule has 2 unspecified atom stereocenters. The van der Waals surface area contributed by atoms with Crippen LogP contribution in [0.2, 0.25) is 0 Å². The summed E-state index contributed by atoms with van der Waals surface area (Å²) in [6.07, 6.45) is -1.63. The highest BCUT2D eigenvalue weighted by Gasteiger charge is 2.30. The fourth-order valence-electron chi connectivity index (χ4n) is 2.33. The molecule has 0 aliphatic carbocycles. The Morgan fingerprint density at radius 3 is 2.63 bits per heavy atom. The van der Waals surface area contributed by atoms with Crippen molar-refractivity contribution in [3.8, 4) is 0 Å². The standard InChI is InChI=1S/C12H20F2N2O3/c1-8(17)16-6-9(4-12(18)19-2)3-10(7-16)15-5-11(13)14/h9-11,15H,3-7H2,1-2H3. The monoisotopic (exact) mass is 278 g/mol. The van der Waals surface area contributed by atoms with Gasteiger partial charge in [-0.05, 0) is 12.3 Å². The highest BCUT2D eigenvalue weighted by Crippen LogP contribution is 2.21. The molecule has 0 spiro atoms. The van der Waals surface area contributed by atoms with Gasteiger partial charge in [0.1, 0.15) is 0 Å². The summed E-state index contributed by atoms with van der Waals surface area (Å²) < 4.78 is 29.0. The van der Waals surface area contributed by atoms with Gasteiger partial charge in [-0.3, -0.25) is 9.59 Å². The number of hydrogen-bond donors (Lipinski definition) is 1. The van der Waals surface area contributed by atoms with Crippen LogP contribution >= 0.6 is 0 Å². The van der Waals surface area contributed by atoms with Crippen LogP contribution in [-0.2, 0) is 14.3 Å². The quantitative estimate of drug-likeness (QED) is 0.750. The van der Waals surface area contributed by atoms with Crippen LogP contribution in [0.1, 0.15) is 19.8 Å². The molecule has 0 aromatic heterocycles. The molecular weight excluding hydrogens is 258 g/mol. The normalized spacial score (nSPS) is 23.5. The molecule has 1 N–H and O–H groups in total. The van der Waals surface area contributed by atoms with Gasteiger partial charge in [0.25, 0.3) is 6.43 Å². The van der Waals surface area contributed by atoms with Crippen molar-refractivity contribution >= 4 is 11.9 Å². The molecule has 0 radical (unpaired) electrons. The first kappa shape index (κ1) is 15.8. The molecule has 19 heavy (non-hydrogen) atoms. The maximum atomic E-state index is 12.2. The van der Waals surface area contributed by atoms with E-state index in [1.54, 1.807) is 4.90 Å². The van der Waals surface area contributed by atoms with Gasteiger partial charge in [-0.15, -0.1) is 0 Å². The molecule has 110 valence electrons. The largest absolute Gasteiger partial charge is 0.469 e. The number of amides is 1. The Morgan fingerprint density at radius 2 is 2.11 bits per heavy atom. The SMILES string of the molecule is COC(=O)CC1CC(NCC(F)F)CN(C(C)=O)C1. The number of nitrogens with one attached hydrogen (secondary N) is 1. The summed E-state index contributed by atoms with van der Waals surface area (Å²) in [5.41, 5.74) is 0. The van der Waals surface area contributed by atoms with Crippen molar-refractivity contribution in [3.63, 3.8) is 0 Å². The van der Waals surface area contributed by atoms with Crippen molar-refractivity contribution in [3.05, 3.63) is 0 Å². The molecular formula is C12H20F2N2O3. The zero-order chi connectivity index (χ0) is 14.4. The first-order valence-corrected chi connectivity index (χ1v) is 6.26. The van der Waals surface area contributed by atoms with Gasteiger partial charge in [0.05, 0.1) is 20.1 Å². The van der Waals surface area contributed by atoms with Gasteiger partial charge >= 0.3 is 5.97 Å². The number of alkyl halides is 2. The van der Waals surface area contributed by atoms with Gasteiger partial charge in [-0.25, -0.2) is 8.78 Å². The first-order chi connectivity index (χ1) is 8.92. The van der Waals surface area contributed by atoms with Crippen LogP contribution in [0.3, 0.4) is 0 Å². The minimum absolute atomic E-state index is 0.0553. The van der Waals surface area contributed by atoms with Gasteiger partial charge < -0.3 is 15.0 Å². The van der Waals surface area contributed by atoms with Gasteiger partial charge in [-0.1, -0.05) is 0 Å². The third-order valence-electron chi connectivity index (χ3n) is 3.23. The minimum Gasteiger partial charge on any atom is -0.469 e. The van der Waals surface area contributed by atoms with E-state index < -0.39 is 13.0 Å². The first-order valence-electron chi connectivity index (χ1n) is 6.26. The molecule has 0 aromatic rings. The zero-order valence-corrected chi connectivity index (χ0v) is 11.2. The average Bonchev–Trinajstić information content (AvgIpc) is 2.35. The predicted octanol–water partition coefficient (Wildman–Crippen LogP) is 0.641. The number of esters is 1. The number of ether oxygens (including phenoxy) is 1. The number of rotatable bonds is 5. The highest BCUT2D eigenvalue weighted by molar-refractivity contribution is 5.74. The van der Waals surface area contributed by atoms with E-state index in [2.05, 4.69) is 10.1 Å². The van der Waals surface area contributed by atoms with E-state index in [1.807, 2.05) is 0 Å². The van der Waals surface area contributed by atoms with E-state index in [9.17, 15) is 18.4 Å². The predicted molar refractivity (Wildman–Crippen MR) is 64.8 cm³/mol. The molecule has 1 rings (SSSR count). The van der Waals surface area contributed by atoms with Crippen molar-refractivity contribution in [2.45, 2.75) is 32.2 Å². The maximum Gasteiger partial charge on any atom is 0.305 e. The zero-order valence-electron chi connectivity index (χ0n) is 11.2. The number of carbonyl (C=O) groups excluding carboxylic acids is 2. The summed E-state index contributed by atoms with van der Waals surface area (Å²) in [5, 5.41) is 2.73. The third-order valence-corrected chi connectivity index (χ3v) is 3.23. The third kappa shape index (κ3) is 5.50. The molecule has 0 aromatic carbocycles. The fourth-order valence-corrected chi connectivity index (χ4v) is 2.33. The second-order valence-electron chi connectivity index (χ2n) is 4.80. The van der Waals surface area contributed by atoms with Gasteiger partial charge in [0.2, 0.25) is 5.91 Å². The number of nitrogens with zero attached hydrogens (tertiary/aromatic N) is 1. The van der Waals surface area contributed by atoms with Crippen molar-refractivity contribution in [2.24, 2.45) is 5.92 Å². The van der Waals surface area contributed by atoms with E-state index in [1.165, 1.54) is 14.0 Å². The van der Waals surface area contributed by atoms with E-state index in [-0.39, 0.29) is 30.3 Å². The van der Waals surface area contributed by atoms with Crippen molar-refractivity contribution < 1.29 is 23.1 Å². The number of methoxy groups -OCH3 is 1. The Hall–Kier alpha value is -1.24. The summed E-state index contributed by atoms with van der Waals surface area (Å²) in [5.74, 6) is -0.512. The van der Waals surface area contributed by atoms with Crippen LogP contribution in [0.5, 0.6) is 0 Å². The molecule has 0 saturated carbocycles. The molecule has 1 heterocycles. The van der Waals surface area contributed by atoms with Crippen LogP contribution in [-0.4, -0.2) is 56.0 Å². The topological polar surface area (TPSA) is 58.6 Å². The summed E-state index contributed by atoms with van der Waals surface area (Å²) >= 11 is 0. The molecule has 1 aliphatic rings.